The van der Waals surface area contributed by atoms with Crippen LogP contribution in [0.5, 0.6) is 5.75 Å². The molecule has 0 unspecified atom stereocenters. The zero-order chi connectivity index (χ0) is 19.5. The quantitative estimate of drug-likeness (QED) is 0.768. The highest BCUT2D eigenvalue weighted by atomic mass is 16.6. The van der Waals surface area contributed by atoms with Gasteiger partial charge in [-0.15, -0.1) is 0 Å². The van der Waals surface area contributed by atoms with Gasteiger partial charge in [0, 0.05) is 37.4 Å². The summed E-state index contributed by atoms with van der Waals surface area (Å²) in [5.74, 6) is 0.0353. The lowest BCUT2D eigenvalue weighted by molar-refractivity contribution is 0.0158. The normalized spacial score (nSPS) is 17.7. The number of hydrogen-bond donors (Lipinski definition) is 0. The summed E-state index contributed by atoms with van der Waals surface area (Å²) < 4.78 is 15.6. The van der Waals surface area contributed by atoms with Gasteiger partial charge in [-0.3, -0.25) is 0 Å². The number of anilines is 1. The molecule has 0 aromatic heterocycles. The average Bonchev–Trinajstić information content (AvgIpc) is 2.58. The van der Waals surface area contributed by atoms with Crippen LogP contribution in [0.2, 0.25) is 0 Å². The van der Waals surface area contributed by atoms with Gasteiger partial charge >= 0.3 is 12.1 Å². The van der Waals surface area contributed by atoms with E-state index in [9.17, 15) is 9.59 Å². The molecule has 0 N–H and O–H groups in total. The zero-order valence-corrected chi connectivity index (χ0v) is 16.4. The summed E-state index contributed by atoms with van der Waals surface area (Å²) in [6.07, 6.45) is -0.289. The van der Waals surface area contributed by atoms with Crippen molar-refractivity contribution in [2.45, 2.75) is 39.3 Å². The SMILES string of the molecule is COC(=O)c1ccc(N2CCN(C(=O)OC(C)(C)C)[C@H](C)C2)cc1OC. The van der Waals surface area contributed by atoms with Crippen LogP contribution in [0.15, 0.2) is 18.2 Å². The summed E-state index contributed by atoms with van der Waals surface area (Å²) in [7, 11) is 2.86. The molecule has 1 aromatic carbocycles. The van der Waals surface area contributed by atoms with Crippen molar-refractivity contribution >= 4 is 17.7 Å². The van der Waals surface area contributed by atoms with E-state index in [1.54, 1.807) is 11.0 Å². The lowest BCUT2D eigenvalue weighted by Crippen LogP contribution is -2.55. The second-order valence-electron chi connectivity index (χ2n) is 7.34. The molecule has 1 aliphatic rings. The average molecular weight is 364 g/mol. The summed E-state index contributed by atoms with van der Waals surface area (Å²) in [5.41, 5.74) is 0.815. The van der Waals surface area contributed by atoms with E-state index < -0.39 is 11.6 Å². The highest BCUT2D eigenvalue weighted by Crippen LogP contribution is 2.28. The van der Waals surface area contributed by atoms with Gasteiger partial charge in [-0.25, -0.2) is 9.59 Å². The molecule has 7 heteroatoms. The van der Waals surface area contributed by atoms with E-state index in [4.69, 9.17) is 14.2 Å². The van der Waals surface area contributed by atoms with E-state index >= 15 is 0 Å². The summed E-state index contributed by atoms with van der Waals surface area (Å²) in [6, 6.07) is 5.39. The maximum Gasteiger partial charge on any atom is 0.410 e. The summed E-state index contributed by atoms with van der Waals surface area (Å²) in [4.78, 5) is 28.0. The van der Waals surface area contributed by atoms with Gasteiger partial charge in [-0.05, 0) is 39.8 Å². The van der Waals surface area contributed by atoms with Crippen LogP contribution in [0.1, 0.15) is 38.1 Å². The number of methoxy groups -OCH3 is 2. The van der Waals surface area contributed by atoms with Crippen molar-refractivity contribution in [2.24, 2.45) is 0 Å². The number of nitrogens with zero attached hydrogens (tertiary/aromatic N) is 2. The van der Waals surface area contributed by atoms with E-state index in [2.05, 4.69) is 4.90 Å². The standard InChI is InChI=1S/C19H28N2O5/c1-13-12-20(9-10-21(13)18(23)26-19(2,3)4)14-7-8-15(17(22)25-6)16(11-14)24-5/h7-8,11,13H,9-10,12H2,1-6H3/t13-/m1/s1. The zero-order valence-electron chi connectivity index (χ0n) is 16.4. The Kier molecular flexibility index (Phi) is 6.00. The van der Waals surface area contributed by atoms with Crippen LogP contribution in [-0.2, 0) is 9.47 Å². The summed E-state index contributed by atoms with van der Waals surface area (Å²) in [5, 5.41) is 0. The molecule has 1 atom stereocenters. The van der Waals surface area contributed by atoms with Crippen molar-refractivity contribution in [3.05, 3.63) is 23.8 Å². The third kappa shape index (κ3) is 4.59. The van der Waals surface area contributed by atoms with Gasteiger partial charge in [0.15, 0.2) is 0 Å². The molecule has 0 spiro atoms. The van der Waals surface area contributed by atoms with Crippen molar-refractivity contribution in [3.8, 4) is 5.75 Å². The van der Waals surface area contributed by atoms with Crippen molar-refractivity contribution in [2.75, 3.05) is 38.8 Å². The molecular weight excluding hydrogens is 336 g/mol. The number of hydrogen-bond acceptors (Lipinski definition) is 6. The largest absolute Gasteiger partial charge is 0.496 e. The van der Waals surface area contributed by atoms with Gasteiger partial charge in [0.25, 0.3) is 0 Å². The second kappa shape index (κ2) is 7.85. The van der Waals surface area contributed by atoms with Gasteiger partial charge in [0.1, 0.15) is 16.9 Å². The molecule has 1 heterocycles. The Hall–Kier alpha value is -2.44. The van der Waals surface area contributed by atoms with Gasteiger partial charge in [0.2, 0.25) is 0 Å². The molecule has 26 heavy (non-hydrogen) atoms. The van der Waals surface area contributed by atoms with E-state index in [1.807, 2.05) is 39.8 Å². The van der Waals surface area contributed by atoms with E-state index in [0.29, 0.717) is 30.9 Å². The van der Waals surface area contributed by atoms with Crippen molar-refractivity contribution in [1.29, 1.82) is 0 Å². The Labute approximate surface area is 154 Å². The lowest BCUT2D eigenvalue weighted by atomic mass is 10.1. The van der Waals surface area contributed by atoms with E-state index in [1.165, 1.54) is 14.2 Å². The van der Waals surface area contributed by atoms with E-state index in [-0.39, 0.29) is 12.1 Å². The minimum absolute atomic E-state index is 0.00452. The third-order valence-corrected chi connectivity index (χ3v) is 4.21. The molecule has 0 bridgehead atoms. The fraction of sp³-hybridized carbons (Fsp3) is 0.579. The van der Waals surface area contributed by atoms with Crippen LogP contribution in [-0.4, -0.2) is 62.5 Å². The number of carbonyl (C=O) groups excluding carboxylic acids is 2. The Morgan fingerprint density at radius 3 is 2.38 bits per heavy atom. The highest BCUT2D eigenvalue weighted by Gasteiger charge is 2.31. The molecule has 1 saturated heterocycles. The van der Waals surface area contributed by atoms with Crippen LogP contribution in [0.25, 0.3) is 0 Å². The molecule has 1 aromatic rings. The number of piperazine rings is 1. The molecule has 0 saturated carbocycles. The predicted octanol–water partition coefficient (Wildman–Crippen LogP) is 2.93. The second-order valence-corrected chi connectivity index (χ2v) is 7.34. The Balaban J connectivity index is 2.11. The van der Waals surface area contributed by atoms with Gasteiger partial charge < -0.3 is 24.0 Å². The molecule has 0 aliphatic carbocycles. The fourth-order valence-corrected chi connectivity index (χ4v) is 2.94. The molecule has 0 radical (unpaired) electrons. The molecule has 7 nitrogen and oxygen atoms in total. The number of benzene rings is 1. The van der Waals surface area contributed by atoms with Crippen molar-refractivity contribution < 1.29 is 23.8 Å². The first-order valence-corrected chi connectivity index (χ1v) is 8.67. The van der Waals surface area contributed by atoms with Crippen LogP contribution in [0.3, 0.4) is 0 Å². The Bertz CT molecular complexity index is 668. The topological polar surface area (TPSA) is 68.3 Å². The number of ether oxygens (including phenoxy) is 3. The first-order valence-electron chi connectivity index (χ1n) is 8.67. The number of rotatable bonds is 3. The number of carbonyl (C=O) groups is 2. The van der Waals surface area contributed by atoms with Crippen molar-refractivity contribution in [1.82, 2.24) is 4.90 Å². The molecule has 2 rings (SSSR count). The smallest absolute Gasteiger partial charge is 0.410 e. The summed E-state index contributed by atoms with van der Waals surface area (Å²) in [6.45, 7) is 9.49. The third-order valence-electron chi connectivity index (χ3n) is 4.21. The monoisotopic (exact) mass is 364 g/mol. The van der Waals surface area contributed by atoms with Crippen LogP contribution in [0, 0.1) is 0 Å². The predicted molar refractivity (Wildman–Crippen MR) is 98.9 cm³/mol. The highest BCUT2D eigenvalue weighted by molar-refractivity contribution is 5.93. The maximum absolute atomic E-state index is 12.3. The van der Waals surface area contributed by atoms with E-state index in [0.717, 1.165) is 5.69 Å². The minimum Gasteiger partial charge on any atom is -0.496 e. The van der Waals surface area contributed by atoms with Gasteiger partial charge in [-0.1, -0.05) is 0 Å². The minimum atomic E-state index is -0.509. The van der Waals surface area contributed by atoms with Gasteiger partial charge in [-0.2, -0.15) is 0 Å². The molecule has 1 amide bonds. The van der Waals surface area contributed by atoms with Crippen LogP contribution in [0.4, 0.5) is 10.5 Å². The number of amides is 1. The summed E-state index contributed by atoms with van der Waals surface area (Å²) >= 11 is 0. The molecule has 1 aliphatic heterocycles. The first-order chi connectivity index (χ1) is 12.2. The molecule has 144 valence electrons. The van der Waals surface area contributed by atoms with Crippen molar-refractivity contribution in [3.63, 3.8) is 0 Å². The maximum atomic E-state index is 12.3. The van der Waals surface area contributed by atoms with Crippen LogP contribution >= 0.6 is 0 Å². The number of esters is 1. The Morgan fingerprint density at radius 2 is 1.85 bits per heavy atom. The lowest BCUT2D eigenvalue weighted by Gasteiger charge is -2.41. The fourth-order valence-electron chi connectivity index (χ4n) is 2.94. The van der Waals surface area contributed by atoms with Crippen LogP contribution < -0.4 is 9.64 Å². The molecule has 1 fully saturated rings. The molecular formula is C19H28N2O5. The van der Waals surface area contributed by atoms with Gasteiger partial charge in [0.05, 0.1) is 14.2 Å². The first kappa shape index (κ1) is 19.9. The Morgan fingerprint density at radius 1 is 1.15 bits per heavy atom.